The highest BCUT2D eigenvalue weighted by molar-refractivity contribution is 5.99. The molecule has 26 heavy (non-hydrogen) atoms. The first-order valence-electron chi connectivity index (χ1n) is 9.18. The molecule has 1 aliphatic heterocycles. The Morgan fingerprint density at radius 2 is 2.00 bits per heavy atom. The zero-order chi connectivity index (χ0) is 18.7. The van der Waals surface area contributed by atoms with Gasteiger partial charge in [-0.15, -0.1) is 0 Å². The van der Waals surface area contributed by atoms with Crippen molar-refractivity contribution in [1.29, 1.82) is 0 Å². The summed E-state index contributed by atoms with van der Waals surface area (Å²) < 4.78 is 25.6. The number of aryl methyl sites for hydroxylation is 1. The summed E-state index contributed by atoms with van der Waals surface area (Å²) in [6.45, 7) is 1.96. The molecule has 0 bridgehead atoms. The quantitative estimate of drug-likeness (QED) is 0.815. The van der Waals surface area contributed by atoms with Crippen molar-refractivity contribution in [2.75, 3.05) is 18.4 Å². The molecular formula is C19H25F2N3O2. The number of anilines is 1. The van der Waals surface area contributed by atoms with Crippen LogP contribution in [-0.4, -0.2) is 48.3 Å². The van der Waals surface area contributed by atoms with E-state index in [0.717, 1.165) is 31.2 Å². The van der Waals surface area contributed by atoms with E-state index in [1.807, 2.05) is 6.92 Å². The first-order chi connectivity index (χ1) is 12.4. The molecule has 1 unspecified atom stereocenters. The number of likely N-dealkylation sites (tertiary alicyclic amines) is 1. The number of benzene rings is 1. The van der Waals surface area contributed by atoms with Crippen LogP contribution in [0.1, 0.15) is 48.0 Å². The van der Waals surface area contributed by atoms with E-state index in [-0.39, 0.29) is 24.4 Å². The number of nitrogens with zero attached hydrogens (tertiary/aromatic N) is 1. The van der Waals surface area contributed by atoms with Crippen LogP contribution >= 0.6 is 0 Å². The van der Waals surface area contributed by atoms with Crippen LogP contribution in [0.15, 0.2) is 18.2 Å². The van der Waals surface area contributed by atoms with Crippen LogP contribution in [0.25, 0.3) is 0 Å². The Hall–Kier alpha value is -2.02. The van der Waals surface area contributed by atoms with Crippen molar-refractivity contribution in [3.63, 3.8) is 0 Å². The SMILES string of the molecule is Cc1ccc(C(=O)NC2CC2)cc1NC(=O)C1CCCCN1CC(F)F. The van der Waals surface area contributed by atoms with E-state index >= 15 is 0 Å². The maximum atomic E-state index is 12.8. The molecule has 2 N–H and O–H groups in total. The lowest BCUT2D eigenvalue weighted by Crippen LogP contribution is -2.48. The van der Waals surface area contributed by atoms with Gasteiger partial charge in [-0.05, 0) is 56.8 Å². The number of carbonyl (C=O) groups excluding carboxylic acids is 2. The van der Waals surface area contributed by atoms with Gasteiger partial charge in [-0.25, -0.2) is 8.78 Å². The number of amides is 2. The molecule has 1 heterocycles. The van der Waals surface area contributed by atoms with Crippen LogP contribution in [0.5, 0.6) is 0 Å². The molecule has 5 nitrogen and oxygen atoms in total. The van der Waals surface area contributed by atoms with E-state index in [1.165, 1.54) is 0 Å². The smallest absolute Gasteiger partial charge is 0.251 e. The normalized spacial score (nSPS) is 20.8. The Balaban J connectivity index is 1.69. The lowest BCUT2D eigenvalue weighted by molar-refractivity contribution is -0.123. The summed E-state index contributed by atoms with van der Waals surface area (Å²) in [7, 11) is 0. The van der Waals surface area contributed by atoms with Gasteiger partial charge >= 0.3 is 0 Å². The zero-order valence-corrected chi connectivity index (χ0v) is 14.9. The molecule has 2 fully saturated rings. The van der Waals surface area contributed by atoms with Gasteiger partial charge in [0, 0.05) is 17.3 Å². The fourth-order valence-corrected chi connectivity index (χ4v) is 3.29. The number of nitrogens with one attached hydrogen (secondary N) is 2. The summed E-state index contributed by atoms with van der Waals surface area (Å²) in [5.74, 6) is -0.437. The average molecular weight is 365 g/mol. The van der Waals surface area contributed by atoms with Crippen molar-refractivity contribution in [3.8, 4) is 0 Å². The lowest BCUT2D eigenvalue weighted by Gasteiger charge is -2.34. The number of hydrogen-bond acceptors (Lipinski definition) is 3. The van der Waals surface area contributed by atoms with Crippen LogP contribution in [0.3, 0.4) is 0 Å². The van der Waals surface area contributed by atoms with Gasteiger partial charge in [0.1, 0.15) is 0 Å². The van der Waals surface area contributed by atoms with Crippen molar-refractivity contribution in [3.05, 3.63) is 29.3 Å². The third kappa shape index (κ3) is 4.78. The number of alkyl halides is 2. The molecule has 1 saturated carbocycles. The highest BCUT2D eigenvalue weighted by atomic mass is 19.3. The van der Waals surface area contributed by atoms with Gasteiger partial charge in [-0.1, -0.05) is 12.5 Å². The van der Waals surface area contributed by atoms with Crippen molar-refractivity contribution in [1.82, 2.24) is 10.2 Å². The van der Waals surface area contributed by atoms with Crippen LogP contribution in [0.4, 0.5) is 14.5 Å². The molecule has 142 valence electrons. The van der Waals surface area contributed by atoms with Gasteiger partial charge in [-0.3, -0.25) is 14.5 Å². The number of halogens is 2. The number of piperidine rings is 1. The van der Waals surface area contributed by atoms with Crippen molar-refractivity contribution < 1.29 is 18.4 Å². The van der Waals surface area contributed by atoms with E-state index in [4.69, 9.17) is 0 Å². The second-order valence-corrected chi connectivity index (χ2v) is 7.16. The predicted octanol–water partition coefficient (Wildman–Crippen LogP) is 2.95. The Kier molecular flexibility index (Phi) is 5.86. The Labute approximate surface area is 152 Å². The molecule has 0 radical (unpaired) electrons. The van der Waals surface area contributed by atoms with Crippen LogP contribution < -0.4 is 10.6 Å². The van der Waals surface area contributed by atoms with Crippen LogP contribution in [-0.2, 0) is 4.79 Å². The minimum absolute atomic E-state index is 0.153. The number of carbonyl (C=O) groups is 2. The molecule has 1 saturated heterocycles. The minimum Gasteiger partial charge on any atom is -0.349 e. The topological polar surface area (TPSA) is 61.4 Å². The molecule has 2 amide bonds. The largest absolute Gasteiger partial charge is 0.349 e. The summed E-state index contributed by atoms with van der Waals surface area (Å²) in [5, 5.41) is 5.76. The first kappa shape index (κ1) is 18.8. The van der Waals surface area contributed by atoms with E-state index in [0.29, 0.717) is 24.2 Å². The molecule has 7 heteroatoms. The standard InChI is InChI=1S/C19H25F2N3O2/c1-12-5-6-13(18(25)22-14-7-8-14)10-15(12)23-19(26)16-4-2-3-9-24(16)11-17(20)21/h5-6,10,14,16-17H,2-4,7-9,11H2,1H3,(H,22,25)(H,23,26). The summed E-state index contributed by atoms with van der Waals surface area (Å²) in [5.41, 5.74) is 1.88. The molecule has 2 aliphatic rings. The van der Waals surface area contributed by atoms with Gasteiger partial charge in [0.05, 0.1) is 12.6 Å². The third-order valence-corrected chi connectivity index (χ3v) is 4.96. The Bertz CT molecular complexity index is 677. The van der Waals surface area contributed by atoms with Gasteiger partial charge in [0.15, 0.2) is 0 Å². The van der Waals surface area contributed by atoms with Gasteiger partial charge in [0.2, 0.25) is 5.91 Å². The number of rotatable bonds is 6. The predicted molar refractivity (Wildman–Crippen MR) is 95.5 cm³/mol. The molecule has 1 aromatic rings. The van der Waals surface area contributed by atoms with Gasteiger partial charge in [-0.2, -0.15) is 0 Å². The van der Waals surface area contributed by atoms with Gasteiger partial charge < -0.3 is 10.6 Å². The van der Waals surface area contributed by atoms with E-state index in [1.54, 1.807) is 23.1 Å². The Morgan fingerprint density at radius 3 is 2.69 bits per heavy atom. The third-order valence-electron chi connectivity index (χ3n) is 4.96. The fraction of sp³-hybridized carbons (Fsp3) is 0.579. The second kappa shape index (κ2) is 8.12. The number of hydrogen-bond donors (Lipinski definition) is 2. The van der Waals surface area contributed by atoms with Crippen molar-refractivity contribution >= 4 is 17.5 Å². The van der Waals surface area contributed by atoms with Crippen LogP contribution in [0, 0.1) is 6.92 Å². The van der Waals surface area contributed by atoms with E-state index in [9.17, 15) is 18.4 Å². The van der Waals surface area contributed by atoms with Crippen molar-refractivity contribution in [2.45, 2.75) is 57.5 Å². The summed E-state index contributed by atoms with van der Waals surface area (Å²) in [6, 6.07) is 4.88. The summed E-state index contributed by atoms with van der Waals surface area (Å²) in [4.78, 5) is 26.4. The maximum absolute atomic E-state index is 12.8. The Morgan fingerprint density at radius 1 is 1.23 bits per heavy atom. The lowest BCUT2D eigenvalue weighted by atomic mass is 10.0. The molecule has 1 aliphatic carbocycles. The summed E-state index contributed by atoms with van der Waals surface area (Å²) >= 11 is 0. The molecule has 1 atom stereocenters. The molecule has 0 spiro atoms. The summed E-state index contributed by atoms with van der Waals surface area (Å²) in [6.07, 6.45) is 1.79. The van der Waals surface area contributed by atoms with Crippen molar-refractivity contribution in [2.24, 2.45) is 0 Å². The molecule has 0 aromatic heterocycles. The first-order valence-corrected chi connectivity index (χ1v) is 9.18. The maximum Gasteiger partial charge on any atom is 0.251 e. The van der Waals surface area contributed by atoms with E-state index < -0.39 is 12.5 Å². The molecule has 1 aromatic carbocycles. The monoisotopic (exact) mass is 365 g/mol. The highest BCUT2D eigenvalue weighted by Crippen LogP contribution is 2.23. The fourth-order valence-electron chi connectivity index (χ4n) is 3.29. The van der Waals surface area contributed by atoms with E-state index in [2.05, 4.69) is 10.6 Å². The highest BCUT2D eigenvalue weighted by Gasteiger charge is 2.31. The minimum atomic E-state index is -2.46. The molecular weight excluding hydrogens is 340 g/mol. The zero-order valence-electron chi connectivity index (χ0n) is 14.9. The van der Waals surface area contributed by atoms with Gasteiger partial charge in [0.25, 0.3) is 12.3 Å². The molecule has 3 rings (SSSR count). The second-order valence-electron chi connectivity index (χ2n) is 7.16. The average Bonchev–Trinajstić information content (AvgIpc) is 3.40. The van der Waals surface area contributed by atoms with Crippen LogP contribution in [0.2, 0.25) is 0 Å².